The molecule has 1 aliphatic carbocycles. The summed E-state index contributed by atoms with van der Waals surface area (Å²) in [5.74, 6) is -0.552. The molecule has 0 saturated carbocycles. The van der Waals surface area contributed by atoms with E-state index in [0.29, 0.717) is 16.8 Å². The largest absolute Gasteiger partial charge is 0.312 e. The Hall–Kier alpha value is -4.04. The van der Waals surface area contributed by atoms with Crippen LogP contribution in [0.25, 0.3) is 11.1 Å². The van der Waals surface area contributed by atoms with Gasteiger partial charge < -0.3 is 4.90 Å². The SMILES string of the molecule is C=C(CC)/N=C\C(=C/C)N1C(=C)C(c2cccc(F)c2C#N)=CC2=C1CCc1cccnc12. The highest BCUT2D eigenvalue weighted by atomic mass is 19.1. The predicted octanol–water partition coefficient (Wildman–Crippen LogP) is 6.56. The molecule has 2 aromatic rings. The van der Waals surface area contributed by atoms with Gasteiger partial charge in [-0.25, -0.2) is 4.39 Å². The topological polar surface area (TPSA) is 52.3 Å². The number of halogens is 1. The van der Waals surface area contributed by atoms with Crippen LogP contribution in [0, 0.1) is 17.1 Å². The van der Waals surface area contributed by atoms with Gasteiger partial charge in [0.2, 0.25) is 0 Å². The second kappa shape index (κ2) is 9.22. The minimum absolute atomic E-state index is 0.000935. The number of benzene rings is 1. The zero-order valence-electron chi connectivity index (χ0n) is 18.9. The van der Waals surface area contributed by atoms with Crippen LogP contribution in [0.1, 0.15) is 49.1 Å². The number of pyridine rings is 1. The Morgan fingerprint density at radius 2 is 2.12 bits per heavy atom. The van der Waals surface area contributed by atoms with Crippen LogP contribution in [0.15, 0.2) is 89.6 Å². The molecule has 0 N–H and O–H groups in total. The molecule has 0 atom stereocenters. The zero-order valence-corrected chi connectivity index (χ0v) is 18.9. The first-order chi connectivity index (χ1) is 16.0. The van der Waals surface area contributed by atoms with Gasteiger partial charge in [0.15, 0.2) is 0 Å². The van der Waals surface area contributed by atoms with Crippen LogP contribution in [0.2, 0.25) is 0 Å². The molecule has 0 spiro atoms. The molecular weight excluding hydrogens is 411 g/mol. The highest BCUT2D eigenvalue weighted by molar-refractivity contribution is 5.97. The number of nitrogens with zero attached hydrogens (tertiary/aromatic N) is 4. The lowest BCUT2D eigenvalue weighted by Crippen LogP contribution is -2.29. The van der Waals surface area contributed by atoms with Crippen molar-refractivity contribution in [2.75, 3.05) is 0 Å². The maximum atomic E-state index is 14.5. The van der Waals surface area contributed by atoms with Crippen LogP contribution in [0.3, 0.4) is 0 Å². The number of hydrogen-bond donors (Lipinski definition) is 0. The van der Waals surface area contributed by atoms with E-state index in [0.717, 1.165) is 53.2 Å². The fourth-order valence-corrected chi connectivity index (χ4v) is 4.22. The van der Waals surface area contributed by atoms with Crippen LogP contribution in [-0.2, 0) is 6.42 Å². The van der Waals surface area contributed by atoms with Gasteiger partial charge in [0.05, 0.1) is 23.2 Å². The van der Waals surface area contributed by atoms with Crippen LogP contribution in [0.5, 0.6) is 0 Å². The van der Waals surface area contributed by atoms with E-state index >= 15 is 0 Å². The van der Waals surface area contributed by atoms with E-state index in [1.54, 1.807) is 24.5 Å². The Morgan fingerprint density at radius 1 is 1.30 bits per heavy atom. The minimum atomic E-state index is -0.552. The van der Waals surface area contributed by atoms with E-state index in [9.17, 15) is 9.65 Å². The molecule has 1 aliphatic heterocycles. The number of hydrogen-bond acceptors (Lipinski definition) is 4. The number of allylic oxidation sites excluding steroid dienone is 7. The second-order valence-electron chi connectivity index (χ2n) is 7.88. The quantitative estimate of drug-likeness (QED) is 0.499. The Morgan fingerprint density at radius 3 is 2.85 bits per heavy atom. The van der Waals surface area contributed by atoms with Crippen LogP contribution >= 0.6 is 0 Å². The van der Waals surface area contributed by atoms with Gasteiger partial charge in [-0.3, -0.25) is 9.98 Å². The van der Waals surface area contributed by atoms with Crippen LogP contribution < -0.4 is 0 Å². The normalized spacial score (nSPS) is 15.8. The van der Waals surface area contributed by atoms with Crippen LogP contribution in [-0.4, -0.2) is 16.1 Å². The Labute approximate surface area is 194 Å². The minimum Gasteiger partial charge on any atom is -0.312 e. The summed E-state index contributed by atoms with van der Waals surface area (Å²) < 4.78 is 14.5. The van der Waals surface area contributed by atoms with Crippen LogP contribution in [0.4, 0.5) is 4.39 Å². The van der Waals surface area contributed by atoms with Crippen molar-refractivity contribution in [3.63, 3.8) is 0 Å². The van der Waals surface area contributed by atoms with Crippen molar-refractivity contribution >= 4 is 17.4 Å². The van der Waals surface area contributed by atoms with Crippen molar-refractivity contribution in [3.8, 4) is 6.07 Å². The average Bonchev–Trinajstić information content (AvgIpc) is 2.84. The summed E-state index contributed by atoms with van der Waals surface area (Å²) in [5.41, 5.74) is 7.54. The highest BCUT2D eigenvalue weighted by Crippen LogP contribution is 2.45. The standard InChI is InChI=1S/C28H25FN4/c1-5-18(3)32-17-21(6-2)33-19(4)23(22-10-7-11-26(29)25(22)16-30)15-24-27(33)13-12-20-9-8-14-31-28(20)24/h6-11,14-15,17H,3-5,12-13H2,1-2H3/b21-6+,32-17-. The number of aliphatic imine (C=N–C) groups is 1. The summed E-state index contributed by atoms with van der Waals surface area (Å²) in [6.07, 6.45) is 9.93. The number of aryl methyl sites for hydroxylation is 1. The molecule has 0 radical (unpaired) electrons. The first kappa shape index (κ1) is 22.2. The smallest absolute Gasteiger partial charge is 0.141 e. The Kier molecular flexibility index (Phi) is 6.19. The molecule has 1 aromatic carbocycles. The van der Waals surface area contributed by atoms with Crippen molar-refractivity contribution < 1.29 is 4.39 Å². The zero-order chi connectivity index (χ0) is 23.5. The van der Waals surface area contributed by atoms with Gasteiger partial charge >= 0.3 is 0 Å². The van der Waals surface area contributed by atoms with Crippen molar-refractivity contribution in [2.24, 2.45) is 4.99 Å². The van der Waals surface area contributed by atoms with E-state index in [2.05, 4.69) is 34.1 Å². The van der Waals surface area contributed by atoms with Gasteiger partial charge in [0.1, 0.15) is 11.9 Å². The third kappa shape index (κ3) is 3.96. The lowest BCUT2D eigenvalue weighted by atomic mass is 9.84. The molecule has 0 amide bonds. The third-order valence-electron chi connectivity index (χ3n) is 5.98. The molecule has 0 unspecified atom stereocenters. The van der Waals surface area contributed by atoms with Gasteiger partial charge in [-0.05, 0) is 50.0 Å². The van der Waals surface area contributed by atoms with Gasteiger partial charge in [-0.15, -0.1) is 0 Å². The first-order valence-electron chi connectivity index (χ1n) is 11.0. The number of fused-ring (bicyclic) bond motifs is 2. The molecule has 4 nitrogen and oxygen atoms in total. The van der Waals surface area contributed by atoms with E-state index in [1.807, 2.05) is 38.1 Å². The maximum Gasteiger partial charge on any atom is 0.141 e. The molecule has 0 fully saturated rings. The monoisotopic (exact) mass is 436 g/mol. The molecule has 2 heterocycles. The number of aromatic nitrogens is 1. The lowest BCUT2D eigenvalue weighted by Gasteiger charge is -2.38. The van der Waals surface area contributed by atoms with E-state index in [1.165, 1.54) is 6.07 Å². The fraction of sp³-hybridized carbons (Fsp3) is 0.179. The van der Waals surface area contributed by atoms with Gasteiger partial charge in [-0.2, -0.15) is 5.26 Å². The summed E-state index contributed by atoms with van der Waals surface area (Å²) in [5, 5.41) is 9.67. The molecule has 0 saturated heterocycles. The molecule has 0 bridgehead atoms. The molecule has 33 heavy (non-hydrogen) atoms. The second-order valence-corrected chi connectivity index (χ2v) is 7.88. The van der Waals surface area contributed by atoms with Crippen molar-refractivity contribution in [1.82, 2.24) is 9.88 Å². The molecule has 5 heteroatoms. The molecule has 164 valence electrons. The van der Waals surface area contributed by atoms with Gasteiger partial charge in [0.25, 0.3) is 0 Å². The van der Waals surface area contributed by atoms with Crippen molar-refractivity contribution in [2.45, 2.75) is 33.1 Å². The molecular formula is C28H25FN4. The third-order valence-corrected chi connectivity index (χ3v) is 5.98. The van der Waals surface area contributed by atoms with Gasteiger partial charge in [0, 0.05) is 40.0 Å². The lowest BCUT2D eigenvalue weighted by molar-refractivity contribution is 0.538. The van der Waals surface area contributed by atoms with E-state index in [4.69, 9.17) is 0 Å². The Balaban J connectivity index is 1.96. The van der Waals surface area contributed by atoms with Crippen molar-refractivity contribution in [1.29, 1.82) is 5.26 Å². The summed E-state index contributed by atoms with van der Waals surface area (Å²) in [4.78, 5) is 11.2. The summed E-state index contributed by atoms with van der Waals surface area (Å²) in [6, 6.07) is 10.7. The van der Waals surface area contributed by atoms with Gasteiger partial charge in [-0.1, -0.05) is 44.4 Å². The highest BCUT2D eigenvalue weighted by Gasteiger charge is 2.32. The first-order valence-corrected chi connectivity index (χ1v) is 11.0. The summed E-state index contributed by atoms with van der Waals surface area (Å²) >= 11 is 0. The average molecular weight is 437 g/mol. The number of nitriles is 1. The van der Waals surface area contributed by atoms with E-state index in [-0.39, 0.29) is 5.56 Å². The van der Waals surface area contributed by atoms with E-state index < -0.39 is 5.82 Å². The Bertz CT molecular complexity index is 1320. The maximum absolute atomic E-state index is 14.5. The molecule has 2 aliphatic rings. The van der Waals surface area contributed by atoms with Crippen molar-refractivity contribution in [3.05, 3.63) is 113 Å². The summed E-state index contributed by atoms with van der Waals surface area (Å²) in [7, 11) is 0. The molecule has 1 aromatic heterocycles. The molecule has 4 rings (SSSR count). The predicted molar refractivity (Wildman–Crippen MR) is 131 cm³/mol. The number of rotatable bonds is 5. The fourth-order valence-electron chi connectivity index (χ4n) is 4.22. The summed E-state index contributed by atoms with van der Waals surface area (Å²) in [6.45, 7) is 12.3.